The van der Waals surface area contributed by atoms with Crippen LogP contribution in [0.1, 0.15) is 24.3 Å². The summed E-state index contributed by atoms with van der Waals surface area (Å²) in [6, 6.07) is 4.42. The number of aromatic nitrogens is 2. The van der Waals surface area contributed by atoms with Gasteiger partial charge in [0.2, 0.25) is 11.7 Å². The van der Waals surface area contributed by atoms with Crippen molar-refractivity contribution in [2.45, 2.75) is 19.0 Å². The number of hydrogen-bond acceptors (Lipinski definition) is 5. The average Bonchev–Trinajstić information content (AvgIpc) is 2.88. The summed E-state index contributed by atoms with van der Waals surface area (Å²) in [6.45, 7) is 1.68. The van der Waals surface area contributed by atoms with Crippen molar-refractivity contribution in [3.63, 3.8) is 0 Å². The molecule has 106 valence electrons. The maximum atomic E-state index is 12.4. The van der Waals surface area contributed by atoms with Crippen LogP contribution >= 0.6 is 0 Å². The van der Waals surface area contributed by atoms with Gasteiger partial charge in [0.1, 0.15) is 0 Å². The van der Waals surface area contributed by atoms with Crippen LogP contribution < -0.4 is 0 Å². The second kappa shape index (κ2) is 5.40. The first-order valence-electron chi connectivity index (χ1n) is 5.72. The minimum absolute atomic E-state index is 0.00531. The van der Waals surface area contributed by atoms with Crippen LogP contribution in [0.2, 0.25) is 0 Å². The summed E-state index contributed by atoms with van der Waals surface area (Å²) in [4.78, 5) is 14.2. The second-order valence-corrected chi connectivity index (χ2v) is 4.24. The van der Waals surface area contributed by atoms with E-state index in [1.165, 1.54) is 12.1 Å². The molecule has 0 radical (unpaired) electrons. The van der Waals surface area contributed by atoms with Crippen LogP contribution in [0.3, 0.4) is 0 Å². The molecule has 1 heterocycles. The van der Waals surface area contributed by atoms with Crippen molar-refractivity contribution in [2.24, 2.45) is 5.18 Å². The molecule has 0 saturated heterocycles. The Morgan fingerprint density at radius 2 is 1.95 bits per heavy atom. The van der Waals surface area contributed by atoms with E-state index < -0.39 is 11.7 Å². The summed E-state index contributed by atoms with van der Waals surface area (Å²) in [6.07, 6.45) is -4.38. The molecule has 0 unspecified atom stereocenters. The van der Waals surface area contributed by atoms with Gasteiger partial charge in [-0.05, 0) is 12.1 Å². The van der Waals surface area contributed by atoms with Gasteiger partial charge in [-0.2, -0.15) is 23.1 Å². The molecule has 0 fully saturated rings. The first-order chi connectivity index (χ1) is 9.41. The SMILES string of the molecule is C[C@@H](CN=O)c1nc(-c2ccc(C(F)(F)F)cc2)no1. The van der Waals surface area contributed by atoms with Crippen LogP contribution in [0.25, 0.3) is 11.4 Å². The van der Waals surface area contributed by atoms with Gasteiger partial charge in [-0.3, -0.25) is 0 Å². The fourth-order valence-electron chi connectivity index (χ4n) is 1.55. The Labute approximate surface area is 111 Å². The van der Waals surface area contributed by atoms with Gasteiger partial charge in [-0.25, -0.2) is 0 Å². The molecule has 1 aromatic heterocycles. The molecular formula is C12H10F3N3O2. The van der Waals surface area contributed by atoms with E-state index in [0.717, 1.165) is 12.1 Å². The molecule has 8 heteroatoms. The number of hydrogen-bond donors (Lipinski definition) is 0. The highest BCUT2D eigenvalue weighted by atomic mass is 19.4. The molecule has 20 heavy (non-hydrogen) atoms. The zero-order valence-corrected chi connectivity index (χ0v) is 10.4. The molecular weight excluding hydrogens is 275 g/mol. The monoisotopic (exact) mass is 285 g/mol. The van der Waals surface area contributed by atoms with Crippen LogP contribution in [0, 0.1) is 4.91 Å². The number of benzene rings is 1. The van der Waals surface area contributed by atoms with E-state index in [9.17, 15) is 18.1 Å². The topological polar surface area (TPSA) is 68.3 Å². The lowest BCUT2D eigenvalue weighted by Crippen LogP contribution is -2.04. The molecule has 0 amide bonds. The Kier molecular flexibility index (Phi) is 3.82. The molecule has 1 aromatic carbocycles. The zero-order valence-electron chi connectivity index (χ0n) is 10.4. The third kappa shape index (κ3) is 3.01. The first-order valence-corrected chi connectivity index (χ1v) is 5.72. The summed E-state index contributed by atoms with van der Waals surface area (Å²) in [7, 11) is 0. The lowest BCUT2D eigenvalue weighted by molar-refractivity contribution is -0.137. The van der Waals surface area contributed by atoms with Gasteiger partial charge in [-0.15, -0.1) is 0 Å². The van der Waals surface area contributed by atoms with E-state index in [1.54, 1.807) is 6.92 Å². The highest BCUT2D eigenvalue weighted by Crippen LogP contribution is 2.30. The highest BCUT2D eigenvalue weighted by Gasteiger charge is 2.30. The minimum Gasteiger partial charge on any atom is -0.339 e. The normalized spacial score (nSPS) is 13.2. The van der Waals surface area contributed by atoms with E-state index in [2.05, 4.69) is 15.3 Å². The number of nitroso groups, excluding NO2 is 1. The van der Waals surface area contributed by atoms with Crippen LogP contribution in [-0.2, 0) is 6.18 Å². The Balaban J connectivity index is 2.22. The number of rotatable bonds is 4. The molecule has 0 saturated carbocycles. The van der Waals surface area contributed by atoms with Crippen LogP contribution in [-0.4, -0.2) is 16.7 Å². The molecule has 0 N–H and O–H groups in total. The van der Waals surface area contributed by atoms with Gasteiger partial charge in [0, 0.05) is 5.56 Å². The molecule has 0 aliphatic rings. The smallest absolute Gasteiger partial charge is 0.339 e. The van der Waals surface area contributed by atoms with Gasteiger partial charge >= 0.3 is 6.18 Å². The van der Waals surface area contributed by atoms with Crippen molar-refractivity contribution in [1.29, 1.82) is 0 Å². The molecule has 0 aliphatic carbocycles. The van der Waals surface area contributed by atoms with Crippen molar-refractivity contribution in [1.82, 2.24) is 10.1 Å². The van der Waals surface area contributed by atoms with Crippen LogP contribution in [0.5, 0.6) is 0 Å². The molecule has 0 spiro atoms. The van der Waals surface area contributed by atoms with E-state index in [-0.39, 0.29) is 24.2 Å². The zero-order chi connectivity index (χ0) is 14.8. The van der Waals surface area contributed by atoms with Gasteiger partial charge in [0.25, 0.3) is 0 Å². The molecule has 2 aromatic rings. The standard InChI is InChI=1S/C12H10F3N3O2/c1-7(6-16-19)11-17-10(18-20-11)8-2-4-9(5-3-8)12(13,14)15/h2-5,7H,6H2,1H3/t7-/m0/s1. The molecule has 1 atom stereocenters. The second-order valence-electron chi connectivity index (χ2n) is 4.24. The maximum absolute atomic E-state index is 12.4. The summed E-state index contributed by atoms with van der Waals surface area (Å²) >= 11 is 0. The molecule has 5 nitrogen and oxygen atoms in total. The van der Waals surface area contributed by atoms with Crippen molar-refractivity contribution in [3.8, 4) is 11.4 Å². The van der Waals surface area contributed by atoms with E-state index in [4.69, 9.17) is 4.52 Å². The van der Waals surface area contributed by atoms with E-state index in [1.807, 2.05) is 0 Å². The summed E-state index contributed by atoms with van der Waals surface area (Å²) in [5.41, 5.74) is -0.345. The highest BCUT2D eigenvalue weighted by molar-refractivity contribution is 5.54. The summed E-state index contributed by atoms with van der Waals surface area (Å²) in [5.74, 6) is 0.0640. The number of nitrogens with zero attached hydrogens (tertiary/aromatic N) is 3. The predicted molar refractivity (Wildman–Crippen MR) is 63.8 cm³/mol. The Morgan fingerprint density at radius 3 is 2.50 bits per heavy atom. The van der Waals surface area contributed by atoms with Gasteiger partial charge < -0.3 is 4.52 Å². The Bertz CT molecular complexity index is 593. The lowest BCUT2D eigenvalue weighted by Gasteiger charge is -2.05. The molecule has 0 bridgehead atoms. The number of halogens is 3. The summed E-state index contributed by atoms with van der Waals surface area (Å²) < 4.78 is 42.2. The predicted octanol–water partition coefficient (Wildman–Crippen LogP) is 3.63. The summed E-state index contributed by atoms with van der Waals surface area (Å²) in [5, 5.41) is 6.40. The molecule has 0 aliphatic heterocycles. The van der Waals surface area contributed by atoms with Crippen molar-refractivity contribution in [2.75, 3.05) is 6.54 Å². The third-order valence-electron chi connectivity index (χ3n) is 2.68. The van der Waals surface area contributed by atoms with Crippen molar-refractivity contribution < 1.29 is 17.7 Å². The first kappa shape index (κ1) is 14.2. The van der Waals surface area contributed by atoms with E-state index >= 15 is 0 Å². The Morgan fingerprint density at radius 1 is 1.30 bits per heavy atom. The quantitative estimate of drug-likeness (QED) is 0.804. The van der Waals surface area contributed by atoms with Crippen molar-refractivity contribution >= 4 is 0 Å². The maximum Gasteiger partial charge on any atom is 0.416 e. The minimum atomic E-state index is -4.38. The largest absolute Gasteiger partial charge is 0.416 e. The van der Waals surface area contributed by atoms with Gasteiger partial charge in [0.15, 0.2) is 0 Å². The van der Waals surface area contributed by atoms with Crippen LogP contribution in [0.15, 0.2) is 34.0 Å². The number of alkyl halides is 3. The van der Waals surface area contributed by atoms with Gasteiger partial charge in [0.05, 0.1) is 18.0 Å². The molecule has 2 rings (SSSR count). The average molecular weight is 285 g/mol. The van der Waals surface area contributed by atoms with E-state index in [0.29, 0.717) is 5.56 Å². The third-order valence-corrected chi connectivity index (χ3v) is 2.68. The fraction of sp³-hybridized carbons (Fsp3) is 0.333. The lowest BCUT2D eigenvalue weighted by atomic mass is 10.1. The fourth-order valence-corrected chi connectivity index (χ4v) is 1.55. The van der Waals surface area contributed by atoms with Gasteiger partial charge in [-0.1, -0.05) is 29.4 Å². The van der Waals surface area contributed by atoms with Crippen LogP contribution in [0.4, 0.5) is 13.2 Å². The van der Waals surface area contributed by atoms with Crippen molar-refractivity contribution in [3.05, 3.63) is 40.6 Å². The Hall–Kier alpha value is -2.25.